The Morgan fingerprint density at radius 3 is 1.47 bits per heavy atom. The third kappa shape index (κ3) is 2.31. The minimum atomic E-state index is 1.11. The average Bonchev–Trinajstić information content (AvgIpc) is 2.33. The van der Waals surface area contributed by atoms with Crippen molar-refractivity contribution in [3.63, 3.8) is 0 Å². The van der Waals surface area contributed by atoms with Crippen LogP contribution in [0.25, 0.3) is 0 Å². The molecule has 0 aliphatic carbocycles. The molecule has 0 bridgehead atoms. The van der Waals surface area contributed by atoms with Crippen LogP contribution in [0.15, 0.2) is 60.7 Å². The van der Waals surface area contributed by atoms with Crippen LogP contribution in [0.1, 0.15) is 11.1 Å². The maximum atomic E-state index is 5.72. The standard InChI is InChI=1S/C14H11S/c1-15-14(12-8-4-2-5-9-12)13-10-6-3-7-11-13/h1-11H. The summed E-state index contributed by atoms with van der Waals surface area (Å²) in [4.78, 5) is 1.11. The van der Waals surface area contributed by atoms with Crippen LogP contribution in [0.4, 0.5) is 0 Å². The van der Waals surface area contributed by atoms with Crippen molar-refractivity contribution in [3.05, 3.63) is 78.0 Å². The molecule has 0 heterocycles. The van der Waals surface area contributed by atoms with Gasteiger partial charge in [-0.3, -0.25) is 0 Å². The molecule has 15 heavy (non-hydrogen) atoms. The van der Waals surface area contributed by atoms with Crippen molar-refractivity contribution < 1.29 is 0 Å². The maximum absolute atomic E-state index is 5.72. The quantitative estimate of drug-likeness (QED) is 0.310. The van der Waals surface area contributed by atoms with E-state index < -0.39 is 0 Å². The lowest BCUT2D eigenvalue weighted by molar-refractivity contribution is 1.62. The molecular formula is C14H11S. The Kier molecular flexibility index (Phi) is 3.25. The molecule has 0 nitrogen and oxygen atoms in total. The highest BCUT2D eigenvalue weighted by Crippen LogP contribution is 2.09. The molecule has 0 atom stereocenters. The van der Waals surface area contributed by atoms with Crippen molar-refractivity contribution in [2.24, 2.45) is 0 Å². The summed E-state index contributed by atoms with van der Waals surface area (Å²) >= 11 is 1.29. The van der Waals surface area contributed by atoms with E-state index in [9.17, 15) is 0 Å². The first kappa shape index (κ1) is 10.1. The van der Waals surface area contributed by atoms with Crippen molar-refractivity contribution in [3.8, 4) is 0 Å². The Labute approximate surface area is 94.5 Å². The molecule has 0 spiro atoms. The van der Waals surface area contributed by atoms with Gasteiger partial charge in [0, 0.05) is 11.1 Å². The van der Waals surface area contributed by atoms with E-state index in [1.54, 1.807) is 0 Å². The largest absolute Gasteiger partial charge is 0.198 e. The molecule has 0 amide bonds. The Bertz CT molecular complexity index is 402. The van der Waals surface area contributed by atoms with Crippen molar-refractivity contribution in [2.75, 3.05) is 0 Å². The molecule has 73 valence electrons. The zero-order valence-corrected chi connectivity index (χ0v) is 9.08. The fourth-order valence-corrected chi connectivity index (χ4v) is 2.03. The van der Waals surface area contributed by atoms with Crippen molar-refractivity contribution in [1.82, 2.24) is 0 Å². The van der Waals surface area contributed by atoms with Gasteiger partial charge in [-0.2, -0.15) is 0 Å². The van der Waals surface area contributed by atoms with E-state index in [4.69, 9.17) is 6.26 Å². The van der Waals surface area contributed by atoms with Gasteiger partial charge < -0.3 is 0 Å². The molecule has 0 aromatic heterocycles. The molecular weight excluding hydrogens is 200 g/mol. The summed E-state index contributed by atoms with van der Waals surface area (Å²) in [5, 5.41) is 0. The van der Waals surface area contributed by atoms with Crippen molar-refractivity contribution in [1.29, 1.82) is 0 Å². The summed E-state index contributed by atoms with van der Waals surface area (Å²) in [6.07, 6.45) is 5.72. The minimum Gasteiger partial charge on any atom is -0.133 e. The lowest BCUT2D eigenvalue weighted by Gasteiger charge is -1.99. The highest BCUT2D eigenvalue weighted by Gasteiger charge is 2.09. The molecule has 1 radical (unpaired) electrons. The van der Waals surface area contributed by atoms with Gasteiger partial charge in [0.15, 0.2) is 4.86 Å². The third-order valence-corrected chi connectivity index (χ3v) is 2.90. The second kappa shape index (κ2) is 4.85. The second-order valence-corrected chi connectivity index (χ2v) is 3.82. The molecule has 2 aromatic carbocycles. The van der Waals surface area contributed by atoms with Crippen LogP contribution < -0.4 is 0 Å². The van der Waals surface area contributed by atoms with Gasteiger partial charge in [-0.1, -0.05) is 36.4 Å². The summed E-state index contributed by atoms with van der Waals surface area (Å²) in [6.45, 7) is 0. The zero-order valence-electron chi connectivity index (χ0n) is 8.26. The first-order chi connectivity index (χ1) is 7.42. The number of hydrogen-bond donors (Lipinski definition) is 0. The van der Waals surface area contributed by atoms with Crippen LogP contribution in [0.5, 0.6) is 0 Å². The Balaban J connectivity index is 2.44. The normalized spacial score (nSPS) is 9.67. The van der Waals surface area contributed by atoms with Gasteiger partial charge in [0.1, 0.15) is 0 Å². The van der Waals surface area contributed by atoms with Crippen LogP contribution in [-0.2, 0) is 11.4 Å². The molecule has 1 heteroatoms. The second-order valence-electron chi connectivity index (χ2n) is 3.18. The van der Waals surface area contributed by atoms with E-state index >= 15 is 0 Å². The van der Waals surface area contributed by atoms with E-state index in [1.165, 1.54) is 11.4 Å². The van der Waals surface area contributed by atoms with Crippen LogP contribution in [0.3, 0.4) is 0 Å². The predicted molar refractivity (Wildman–Crippen MR) is 67.8 cm³/mol. The van der Waals surface area contributed by atoms with Gasteiger partial charge in [0.05, 0.1) is 0 Å². The van der Waals surface area contributed by atoms with Crippen LogP contribution in [0, 0.1) is 6.26 Å². The number of benzene rings is 2. The number of hydrogen-bond acceptors (Lipinski definition) is 0. The molecule has 0 unspecified atom stereocenters. The molecule has 0 aliphatic heterocycles. The molecule has 0 saturated heterocycles. The Hall–Kier alpha value is -1.47. The zero-order chi connectivity index (χ0) is 10.5. The first-order valence-electron chi connectivity index (χ1n) is 4.76. The van der Waals surface area contributed by atoms with Gasteiger partial charge in [-0.15, -0.1) is 6.26 Å². The third-order valence-electron chi connectivity index (χ3n) is 2.19. The fraction of sp³-hybridized carbons (Fsp3) is 0. The van der Waals surface area contributed by atoms with E-state index in [0.29, 0.717) is 0 Å². The molecule has 0 N–H and O–H groups in total. The van der Waals surface area contributed by atoms with Gasteiger partial charge in [0.2, 0.25) is 0 Å². The summed E-state index contributed by atoms with van der Waals surface area (Å²) in [5.41, 5.74) is 2.33. The number of rotatable bonds is 2. The fourth-order valence-electron chi connectivity index (χ4n) is 1.48. The molecule has 0 aliphatic rings. The maximum Gasteiger partial charge on any atom is 0.198 e. The van der Waals surface area contributed by atoms with Crippen LogP contribution in [-0.4, -0.2) is 4.86 Å². The lowest BCUT2D eigenvalue weighted by atomic mass is 10.1. The summed E-state index contributed by atoms with van der Waals surface area (Å²) < 4.78 is 0. The van der Waals surface area contributed by atoms with Gasteiger partial charge in [-0.05, 0) is 35.6 Å². The van der Waals surface area contributed by atoms with E-state index in [2.05, 4.69) is 24.3 Å². The highest BCUT2D eigenvalue weighted by molar-refractivity contribution is 7.80. The Morgan fingerprint density at radius 1 is 0.733 bits per heavy atom. The monoisotopic (exact) mass is 211 g/mol. The molecule has 2 aromatic rings. The van der Waals surface area contributed by atoms with Crippen molar-refractivity contribution in [2.45, 2.75) is 0 Å². The Morgan fingerprint density at radius 2 is 1.13 bits per heavy atom. The molecule has 0 saturated carbocycles. The first-order valence-corrected chi connectivity index (χ1v) is 5.64. The smallest absolute Gasteiger partial charge is 0.133 e. The van der Waals surface area contributed by atoms with E-state index in [-0.39, 0.29) is 0 Å². The van der Waals surface area contributed by atoms with Crippen LogP contribution >= 0.6 is 0 Å². The summed E-state index contributed by atoms with van der Waals surface area (Å²) in [7, 11) is 0. The van der Waals surface area contributed by atoms with Gasteiger partial charge in [-0.25, -0.2) is 0 Å². The predicted octanol–water partition coefficient (Wildman–Crippen LogP) is 3.01. The molecule has 0 fully saturated rings. The van der Waals surface area contributed by atoms with Crippen molar-refractivity contribution >= 4 is 16.2 Å². The molecule has 2 rings (SSSR count). The minimum absolute atomic E-state index is 1.11. The van der Waals surface area contributed by atoms with E-state index in [0.717, 1.165) is 16.0 Å². The topological polar surface area (TPSA) is 0 Å². The highest BCUT2D eigenvalue weighted by atomic mass is 32.1. The summed E-state index contributed by atoms with van der Waals surface area (Å²) in [6, 6.07) is 20.4. The van der Waals surface area contributed by atoms with Crippen LogP contribution in [0.2, 0.25) is 0 Å². The van der Waals surface area contributed by atoms with Gasteiger partial charge >= 0.3 is 0 Å². The van der Waals surface area contributed by atoms with Gasteiger partial charge in [0.25, 0.3) is 0 Å². The summed E-state index contributed by atoms with van der Waals surface area (Å²) in [5.74, 6) is 0. The average molecular weight is 211 g/mol. The SMILES string of the molecule is [CH-][S+]=C(c1ccccc1)c1ccccc1. The van der Waals surface area contributed by atoms with E-state index in [1.807, 2.05) is 36.4 Å². The lowest BCUT2D eigenvalue weighted by Crippen LogP contribution is -2.02.